The molecule has 0 radical (unpaired) electrons. The minimum atomic E-state index is -0.571. The van der Waals surface area contributed by atoms with Crippen LogP contribution in [-0.2, 0) is 0 Å². The smallest absolute Gasteiger partial charge is 0.274 e. The minimum Gasteiger partial charge on any atom is -0.347 e. The highest BCUT2D eigenvalue weighted by molar-refractivity contribution is 5.97. The van der Waals surface area contributed by atoms with E-state index in [0.29, 0.717) is 11.1 Å². The number of hydrogen-bond acceptors (Lipinski definition) is 3. The number of amides is 2. The first-order chi connectivity index (χ1) is 11.1. The molecule has 122 valence electrons. The van der Waals surface area contributed by atoms with Crippen LogP contribution in [0.1, 0.15) is 59.2 Å². The van der Waals surface area contributed by atoms with Gasteiger partial charge in [0, 0.05) is 16.7 Å². The van der Waals surface area contributed by atoms with E-state index in [9.17, 15) is 9.59 Å². The molecule has 0 heterocycles. The second-order valence-electron chi connectivity index (χ2n) is 7.67. The number of nitrogens with one attached hydrogen (secondary N) is 2. The fourth-order valence-corrected chi connectivity index (χ4v) is 5.41. The molecule has 4 bridgehead atoms. The lowest BCUT2D eigenvalue weighted by Crippen LogP contribution is -2.59. The summed E-state index contributed by atoms with van der Waals surface area (Å²) in [6.45, 7) is 0. The zero-order chi connectivity index (χ0) is 16.0. The third-order valence-electron chi connectivity index (χ3n) is 5.93. The SMILES string of the molecule is O=C(NO)c1ccc(C(=O)NC23CC4CC(CC(C4)C2)C3)cc1. The molecular weight excluding hydrogens is 292 g/mol. The van der Waals surface area contributed by atoms with Crippen molar-refractivity contribution in [2.45, 2.75) is 44.1 Å². The van der Waals surface area contributed by atoms with Crippen LogP contribution in [-0.4, -0.2) is 22.6 Å². The molecule has 0 unspecified atom stereocenters. The lowest BCUT2D eigenvalue weighted by molar-refractivity contribution is -0.0167. The summed E-state index contributed by atoms with van der Waals surface area (Å²) in [5, 5.41) is 11.9. The largest absolute Gasteiger partial charge is 0.347 e. The Hall–Kier alpha value is -1.88. The molecule has 4 aliphatic carbocycles. The third kappa shape index (κ3) is 2.63. The van der Waals surface area contributed by atoms with Gasteiger partial charge in [0.05, 0.1) is 0 Å². The van der Waals surface area contributed by atoms with Crippen molar-refractivity contribution in [3.63, 3.8) is 0 Å². The maximum absolute atomic E-state index is 12.6. The van der Waals surface area contributed by atoms with Crippen molar-refractivity contribution >= 4 is 11.8 Å². The second-order valence-corrected chi connectivity index (χ2v) is 7.67. The van der Waals surface area contributed by atoms with Crippen LogP contribution < -0.4 is 10.8 Å². The predicted molar refractivity (Wildman–Crippen MR) is 84.1 cm³/mol. The first-order valence-electron chi connectivity index (χ1n) is 8.44. The molecule has 1 aromatic rings. The van der Waals surface area contributed by atoms with Crippen molar-refractivity contribution in [3.8, 4) is 0 Å². The van der Waals surface area contributed by atoms with Gasteiger partial charge in [-0.3, -0.25) is 14.8 Å². The molecule has 3 N–H and O–H groups in total. The fourth-order valence-electron chi connectivity index (χ4n) is 5.41. The molecule has 1 aromatic carbocycles. The molecule has 4 saturated carbocycles. The molecule has 4 fully saturated rings. The van der Waals surface area contributed by atoms with Crippen LogP contribution in [0.4, 0.5) is 0 Å². The van der Waals surface area contributed by atoms with E-state index in [-0.39, 0.29) is 11.4 Å². The summed E-state index contributed by atoms with van der Waals surface area (Å²) in [7, 11) is 0. The Kier molecular flexibility index (Phi) is 3.41. The van der Waals surface area contributed by atoms with E-state index in [1.807, 2.05) is 0 Å². The number of benzene rings is 1. The topological polar surface area (TPSA) is 78.4 Å². The summed E-state index contributed by atoms with van der Waals surface area (Å²) >= 11 is 0. The van der Waals surface area contributed by atoms with Crippen molar-refractivity contribution in [3.05, 3.63) is 35.4 Å². The Labute approximate surface area is 135 Å². The van der Waals surface area contributed by atoms with Crippen LogP contribution in [0.5, 0.6) is 0 Å². The molecule has 5 heteroatoms. The first-order valence-corrected chi connectivity index (χ1v) is 8.44. The molecule has 4 aliphatic rings. The minimum absolute atomic E-state index is 0.00697. The molecule has 0 saturated heterocycles. The van der Waals surface area contributed by atoms with E-state index in [4.69, 9.17) is 5.21 Å². The van der Waals surface area contributed by atoms with Crippen molar-refractivity contribution in [2.24, 2.45) is 17.8 Å². The fraction of sp³-hybridized carbons (Fsp3) is 0.556. The van der Waals surface area contributed by atoms with Gasteiger partial charge in [-0.2, -0.15) is 0 Å². The van der Waals surface area contributed by atoms with Gasteiger partial charge in [-0.25, -0.2) is 5.48 Å². The lowest BCUT2D eigenvalue weighted by Gasteiger charge is -2.56. The molecule has 2 amide bonds. The van der Waals surface area contributed by atoms with Gasteiger partial charge in [0.25, 0.3) is 11.8 Å². The van der Waals surface area contributed by atoms with Gasteiger partial charge in [0.1, 0.15) is 0 Å². The van der Waals surface area contributed by atoms with E-state index < -0.39 is 5.91 Å². The number of carbonyl (C=O) groups is 2. The molecule has 5 nitrogen and oxygen atoms in total. The zero-order valence-corrected chi connectivity index (χ0v) is 13.0. The van der Waals surface area contributed by atoms with E-state index in [1.54, 1.807) is 29.7 Å². The van der Waals surface area contributed by atoms with Crippen LogP contribution in [0.2, 0.25) is 0 Å². The predicted octanol–water partition coefficient (Wildman–Crippen LogP) is 2.50. The Balaban J connectivity index is 1.48. The Morgan fingerprint density at radius 2 is 1.30 bits per heavy atom. The summed E-state index contributed by atoms with van der Waals surface area (Å²) in [6, 6.07) is 6.39. The van der Waals surface area contributed by atoms with Gasteiger partial charge >= 0.3 is 0 Å². The van der Waals surface area contributed by atoms with Crippen LogP contribution in [0.3, 0.4) is 0 Å². The van der Waals surface area contributed by atoms with Gasteiger partial charge < -0.3 is 5.32 Å². The average molecular weight is 314 g/mol. The highest BCUT2D eigenvalue weighted by Crippen LogP contribution is 2.55. The molecule has 0 aliphatic heterocycles. The maximum atomic E-state index is 12.6. The lowest BCUT2D eigenvalue weighted by atomic mass is 9.53. The number of rotatable bonds is 3. The van der Waals surface area contributed by atoms with Crippen LogP contribution >= 0.6 is 0 Å². The van der Waals surface area contributed by atoms with Crippen molar-refractivity contribution in [2.75, 3.05) is 0 Å². The van der Waals surface area contributed by atoms with Crippen LogP contribution in [0, 0.1) is 17.8 Å². The third-order valence-corrected chi connectivity index (χ3v) is 5.93. The first kappa shape index (κ1) is 14.7. The Morgan fingerprint density at radius 1 is 0.870 bits per heavy atom. The summed E-state index contributed by atoms with van der Waals surface area (Å²) in [4.78, 5) is 24.0. The van der Waals surface area contributed by atoms with E-state index in [2.05, 4.69) is 5.32 Å². The summed E-state index contributed by atoms with van der Waals surface area (Å²) in [5.41, 5.74) is 2.48. The van der Waals surface area contributed by atoms with Gasteiger partial charge in [0.2, 0.25) is 0 Å². The van der Waals surface area contributed by atoms with Crippen molar-refractivity contribution in [1.29, 1.82) is 0 Å². The summed E-state index contributed by atoms with van der Waals surface area (Å²) in [5.74, 6) is 1.74. The quantitative estimate of drug-likeness (QED) is 0.592. The van der Waals surface area contributed by atoms with Gasteiger partial charge in [-0.05, 0) is 80.5 Å². The zero-order valence-electron chi connectivity index (χ0n) is 13.0. The second kappa shape index (κ2) is 5.34. The summed E-state index contributed by atoms with van der Waals surface area (Å²) in [6.07, 6.45) is 7.40. The molecule has 0 aromatic heterocycles. The maximum Gasteiger partial charge on any atom is 0.274 e. The summed E-state index contributed by atoms with van der Waals surface area (Å²) < 4.78 is 0. The van der Waals surface area contributed by atoms with E-state index in [1.165, 1.54) is 19.3 Å². The highest BCUT2D eigenvalue weighted by Gasteiger charge is 2.51. The molecule has 0 spiro atoms. The van der Waals surface area contributed by atoms with E-state index >= 15 is 0 Å². The van der Waals surface area contributed by atoms with E-state index in [0.717, 1.165) is 37.0 Å². The Bertz CT molecular complexity index is 603. The monoisotopic (exact) mass is 314 g/mol. The van der Waals surface area contributed by atoms with Crippen molar-refractivity contribution in [1.82, 2.24) is 10.8 Å². The molecule has 23 heavy (non-hydrogen) atoms. The highest BCUT2D eigenvalue weighted by atomic mass is 16.5. The molecule has 5 rings (SSSR count). The number of hydrogen-bond donors (Lipinski definition) is 3. The standard InChI is InChI=1S/C18H22N2O3/c21-16(14-1-3-15(4-2-14)17(22)20-23)19-18-8-11-5-12(9-18)7-13(6-11)10-18/h1-4,11-13,23H,5-10H2,(H,19,21)(H,20,22). The van der Waals surface area contributed by atoms with Crippen LogP contribution in [0.25, 0.3) is 0 Å². The Morgan fingerprint density at radius 3 is 1.74 bits per heavy atom. The van der Waals surface area contributed by atoms with Gasteiger partial charge in [0.15, 0.2) is 0 Å². The van der Waals surface area contributed by atoms with Crippen LogP contribution in [0.15, 0.2) is 24.3 Å². The van der Waals surface area contributed by atoms with Gasteiger partial charge in [-0.1, -0.05) is 0 Å². The molecular formula is C18H22N2O3. The van der Waals surface area contributed by atoms with Crippen molar-refractivity contribution < 1.29 is 14.8 Å². The number of hydroxylamine groups is 1. The van der Waals surface area contributed by atoms with Gasteiger partial charge in [-0.15, -0.1) is 0 Å². The number of carbonyl (C=O) groups excluding carboxylic acids is 2. The normalized spacial score (nSPS) is 34.2. The average Bonchev–Trinajstić information content (AvgIpc) is 2.52. The molecule has 0 atom stereocenters.